The molecule has 0 saturated carbocycles. The fraction of sp³-hybridized carbons (Fsp3) is 1.00. The number of hydrogen-bond donors (Lipinski definition) is 1. The van der Waals surface area contributed by atoms with E-state index in [4.69, 9.17) is 0 Å². The number of nitrogens with zero attached hydrogens (tertiary/aromatic N) is 2. The van der Waals surface area contributed by atoms with Crippen LogP contribution in [0, 0.1) is 5.92 Å². The molecule has 0 bridgehead atoms. The lowest BCUT2D eigenvalue weighted by Gasteiger charge is -2.26. The van der Waals surface area contributed by atoms with Crippen molar-refractivity contribution in [2.24, 2.45) is 5.92 Å². The van der Waals surface area contributed by atoms with Crippen LogP contribution in [0.4, 0.5) is 0 Å². The third-order valence-electron chi connectivity index (χ3n) is 3.17. The van der Waals surface area contributed by atoms with Crippen LogP contribution in [-0.4, -0.2) is 57.8 Å². The Morgan fingerprint density at radius 1 is 1.19 bits per heavy atom. The molecule has 1 heterocycles. The van der Waals surface area contributed by atoms with Crippen molar-refractivity contribution in [2.75, 3.05) is 40.8 Å². The van der Waals surface area contributed by atoms with Gasteiger partial charge in [-0.2, -0.15) is 17.0 Å². The molecule has 0 amide bonds. The van der Waals surface area contributed by atoms with Gasteiger partial charge in [0.05, 0.1) is 0 Å². The van der Waals surface area contributed by atoms with E-state index in [-0.39, 0.29) is 0 Å². The maximum Gasteiger partial charge on any atom is 0.281 e. The third-order valence-corrected chi connectivity index (χ3v) is 5.06. The van der Waals surface area contributed by atoms with Crippen LogP contribution in [0.3, 0.4) is 0 Å². The molecular formula is C10H23N3O2S. The van der Waals surface area contributed by atoms with E-state index in [2.05, 4.69) is 5.32 Å². The van der Waals surface area contributed by atoms with Gasteiger partial charge >= 0.3 is 0 Å². The van der Waals surface area contributed by atoms with Gasteiger partial charge in [-0.25, -0.2) is 0 Å². The largest absolute Gasteiger partial charge is 0.317 e. The van der Waals surface area contributed by atoms with Crippen molar-refractivity contribution in [1.82, 2.24) is 13.9 Å². The van der Waals surface area contributed by atoms with Crippen LogP contribution in [0.2, 0.25) is 0 Å². The van der Waals surface area contributed by atoms with E-state index in [1.165, 1.54) is 8.61 Å². The van der Waals surface area contributed by atoms with E-state index in [0.717, 1.165) is 32.4 Å². The van der Waals surface area contributed by atoms with Crippen molar-refractivity contribution in [3.05, 3.63) is 0 Å². The SMILES string of the molecule is CN(C)S(=O)(=O)N(C)CCC1CCNCC1. The summed E-state index contributed by atoms with van der Waals surface area (Å²) in [5.41, 5.74) is 0. The van der Waals surface area contributed by atoms with Crippen LogP contribution >= 0.6 is 0 Å². The Morgan fingerprint density at radius 3 is 2.25 bits per heavy atom. The first-order chi connectivity index (χ1) is 7.44. The Balaban J connectivity index is 2.37. The first-order valence-corrected chi connectivity index (χ1v) is 7.19. The highest BCUT2D eigenvalue weighted by Gasteiger charge is 2.21. The monoisotopic (exact) mass is 249 g/mol. The first kappa shape index (κ1) is 13.9. The van der Waals surface area contributed by atoms with Gasteiger partial charge in [0, 0.05) is 27.7 Å². The Bertz CT molecular complexity index is 297. The van der Waals surface area contributed by atoms with Crippen LogP contribution in [0.5, 0.6) is 0 Å². The third kappa shape index (κ3) is 3.69. The van der Waals surface area contributed by atoms with E-state index in [1.54, 1.807) is 21.1 Å². The number of nitrogens with one attached hydrogen (secondary N) is 1. The van der Waals surface area contributed by atoms with Crippen LogP contribution in [-0.2, 0) is 10.2 Å². The Kier molecular flexibility index (Phi) is 5.17. The minimum Gasteiger partial charge on any atom is -0.317 e. The van der Waals surface area contributed by atoms with E-state index in [0.29, 0.717) is 12.5 Å². The summed E-state index contributed by atoms with van der Waals surface area (Å²) in [4.78, 5) is 0. The molecule has 0 atom stereocenters. The summed E-state index contributed by atoms with van der Waals surface area (Å²) in [5, 5.41) is 3.31. The second-order valence-corrected chi connectivity index (χ2v) is 6.84. The predicted octanol–water partition coefficient (Wildman–Crippen LogP) is 0.114. The summed E-state index contributed by atoms with van der Waals surface area (Å²) in [6.07, 6.45) is 3.29. The molecule has 5 nitrogen and oxygen atoms in total. The normalized spacial score (nSPS) is 19.6. The molecule has 1 fully saturated rings. The molecule has 0 aromatic heterocycles. The molecule has 6 heteroatoms. The molecule has 16 heavy (non-hydrogen) atoms. The summed E-state index contributed by atoms with van der Waals surface area (Å²) < 4.78 is 26.2. The van der Waals surface area contributed by atoms with Crippen molar-refractivity contribution in [1.29, 1.82) is 0 Å². The van der Waals surface area contributed by atoms with Gasteiger partial charge in [-0.3, -0.25) is 0 Å². The first-order valence-electron chi connectivity index (χ1n) is 5.79. The van der Waals surface area contributed by atoms with Gasteiger partial charge in [-0.15, -0.1) is 0 Å². The zero-order valence-electron chi connectivity index (χ0n) is 10.4. The summed E-state index contributed by atoms with van der Waals surface area (Å²) >= 11 is 0. The maximum absolute atomic E-state index is 11.7. The van der Waals surface area contributed by atoms with Crippen LogP contribution in [0.1, 0.15) is 19.3 Å². The highest BCUT2D eigenvalue weighted by Crippen LogP contribution is 2.16. The minimum atomic E-state index is -3.23. The van der Waals surface area contributed by atoms with Gasteiger partial charge in [0.1, 0.15) is 0 Å². The van der Waals surface area contributed by atoms with Crippen molar-refractivity contribution in [3.8, 4) is 0 Å². The van der Waals surface area contributed by atoms with Gasteiger partial charge in [0.2, 0.25) is 0 Å². The van der Waals surface area contributed by atoms with E-state index >= 15 is 0 Å². The van der Waals surface area contributed by atoms with Gasteiger partial charge in [-0.1, -0.05) is 0 Å². The average Bonchev–Trinajstić information content (AvgIpc) is 2.27. The fourth-order valence-electron chi connectivity index (χ4n) is 1.93. The van der Waals surface area contributed by atoms with Crippen molar-refractivity contribution < 1.29 is 8.42 Å². The fourth-order valence-corrected chi connectivity index (χ4v) is 2.82. The zero-order chi connectivity index (χ0) is 12.2. The number of rotatable bonds is 5. The van der Waals surface area contributed by atoms with Gasteiger partial charge in [0.25, 0.3) is 10.2 Å². The molecule has 1 aliphatic rings. The quantitative estimate of drug-likeness (QED) is 0.752. The van der Waals surface area contributed by atoms with E-state index < -0.39 is 10.2 Å². The van der Waals surface area contributed by atoms with Crippen molar-refractivity contribution >= 4 is 10.2 Å². The molecule has 96 valence electrons. The van der Waals surface area contributed by atoms with Gasteiger partial charge in [0.15, 0.2) is 0 Å². The average molecular weight is 249 g/mol. The maximum atomic E-state index is 11.7. The Morgan fingerprint density at radius 2 is 1.75 bits per heavy atom. The molecule has 1 rings (SSSR count). The lowest BCUT2D eigenvalue weighted by atomic mass is 9.95. The molecular weight excluding hydrogens is 226 g/mol. The molecule has 0 radical (unpaired) electrons. The molecule has 0 spiro atoms. The molecule has 1 saturated heterocycles. The highest BCUT2D eigenvalue weighted by molar-refractivity contribution is 7.86. The van der Waals surface area contributed by atoms with Crippen molar-refractivity contribution in [2.45, 2.75) is 19.3 Å². The lowest BCUT2D eigenvalue weighted by Crippen LogP contribution is -2.39. The second kappa shape index (κ2) is 5.95. The van der Waals surface area contributed by atoms with Crippen LogP contribution in [0.15, 0.2) is 0 Å². The number of hydrogen-bond acceptors (Lipinski definition) is 3. The summed E-state index contributed by atoms with van der Waals surface area (Å²) in [7, 11) is 1.55. The van der Waals surface area contributed by atoms with E-state index in [1.807, 2.05) is 0 Å². The smallest absolute Gasteiger partial charge is 0.281 e. The molecule has 1 aliphatic heterocycles. The molecule has 0 aromatic rings. The Labute approximate surface area is 99.0 Å². The van der Waals surface area contributed by atoms with Crippen LogP contribution in [0.25, 0.3) is 0 Å². The zero-order valence-corrected chi connectivity index (χ0v) is 11.3. The van der Waals surface area contributed by atoms with Gasteiger partial charge in [-0.05, 0) is 38.3 Å². The standard InChI is InChI=1S/C10H23N3O2S/c1-12(2)16(14,15)13(3)9-6-10-4-7-11-8-5-10/h10-11H,4-9H2,1-3H3. The van der Waals surface area contributed by atoms with Crippen LogP contribution < -0.4 is 5.32 Å². The summed E-state index contributed by atoms with van der Waals surface area (Å²) in [5.74, 6) is 0.668. The molecule has 1 N–H and O–H groups in total. The van der Waals surface area contributed by atoms with E-state index in [9.17, 15) is 8.42 Å². The molecule has 0 aromatic carbocycles. The molecule has 0 unspecified atom stereocenters. The van der Waals surface area contributed by atoms with Gasteiger partial charge < -0.3 is 5.32 Å². The second-order valence-electron chi connectivity index (χ2n) is 4.59. The van der Waals surface area contributed by atoms with Crippen molar-refractivity contribution in [3.63, 3.8) is 0 Å². The Hall–Kier alpha value is -0.170. The lowest BCUT2D eigenvalue weighted by molar-refractivity contribution is 0.319. The summed E-state index contributed by atoms with van der Waals surface area (Å²) in [6, 6.07) is 0. The topological polar surface area (TPSA) is 52.7 Å². The highest BCUT2D eigenvalue weighted by atomic mass is 32.2. The molecule has 0 aliphatic carbocycles. The number of piperidine rings is 1. The minimum absolute atomic E-state index is 0.616. The predicted molar refractivity (Wildman–Crippen MR) is 65.4 cm³/mol. The summed E-state index contributed by atoms with van der Waals surface area (Å²) in [6.45, 7) is 2.74.